The lowest BCUT2D eigenvalue weighted by atomic mass is 10.1. The highest BCUT2D eigenvalue weighted by Crippen LogP contribution is 2.20. The van der Waals surface area contributed by atoms with Crippen LogP contribution in [0.1, 0.15) is 16.7 Å². The first kappa shape index (κ1) is 20.9. The molecule has 0 atom stereocenters. The van der Waals surface area contributed by atoms with Crippen LogP contribution in [-0.2, 0) is 11.2 Å². The molecule has 0 saturated carbocycles. The number of nitrogens with one attached hydrogen (secondary N) is 2. The Hall–Kier alpha value is -3.37. The van der Waals surface area contributed by atoms with Crippen molar-refractivity contribution in [1.82, 2.24) is 5.32 Å². The highest BCUT2D eigenvalue weighted by atomic mass is 32.2. The molecule has 1 heterocycles. The molecule has 2 rings (SSSR count). The number of benzene rings is 1. The van der Waals surface area contributed by atoms with Crippen LogP contribution >= 0.6 is 11.8 Å². The summed E-state index contributed by atoms with van der Waals surface area (Å²) in [5.74, 6) is 0.00879. The molecular weight excluding hydrogens is 388 g/mol. The first-order chi connectivity index (χ1) is 13.4. The zero-order chi connectivity index (χ0) is 20.5. The van der Waals surface area contributed by atoms with Crippen LogP contribution in [0.2, 0.25) is 0 Å². The number of H-pyrrole nitrogens is 1. The summed E-state index contributed by atoms with van der Waals surface area (Å²) in [6.07, 6.45) is 0.519. The second-order valence-electron chi connectivity index (χ2n) is 5.47. The van der Waals surface area contributed by atoms with E-state index in [0.29, 0.717) is 18.0 Å². The van der Waals surface area contributed by atoms with Gasteiger partial charge in [-0.25, -0.2) is 4.98 Å². The second-order valence-corrected chi connectivity index (χ2v) is 6.46. The molecule has 0 unspecified atom stereocenters. The number of halogens is 2. The quantitative estimate of drug-likeness (QED) is 0.647. The number of alkyl halides is 2. The SMILES string of the molecule is N#Cc1cc(C#N)c(SCC(=O)NCCc2ccc(OC(F)F)cc2)[nH+]c1N. The van der Waals surface area contributed by atoms with E-state index in [1.54, 1.807) is 12.1 Å². The van der Waals surface area contributed by atoms with Gasteiger partial charge in [0, 0.05) is 6.54 Å². The fraction of sp³-hybridized carbons (Fsp3) is 0.222. The van der Waals surface area contributed by atoms with E-state index in [0.717, 1.165) is 17.3 Å². The Balaban J connectivity index is 1.81. The first-order valence-electron chi connectivity index (χ1n) is 8.02. The molecule has 2 aromatic rings. The Morgan fingerprint density at radius 2 is 1.93 bits per heavy atom. The minimum atomic E-state index is -2.87. The molecule has 144 valence electrons. The monoisotopic (exact) mass is 404 g/mol. The minimum Gasteiger partial charge on any atom is -0.435 e. The lowest BCUT2D eigenvalue weighted by Gasteiger charge is -2.07. The average molecular weight is 404 g/mol. The van der Waals surface area contributed by atoms with Crippen molar-refractivity contribution in [1.29, 1.82) is 10.5 Å². The summed E-state index contributed by atoms with van der Waals surface area (Å²) in [6.45, 7) is -2.51. The number of nitrogens with zero attached hydrogens (tertiary/aromatic N) is 2. The highest BCUT2D eigenvalue weighted by Gasteiger charge is 2.15. The smallest absolute Gasteiger partial charge is 0.387 e. The summed E-state index contributed by atoms with van der Waals surface area (Å²) < 4.78 is 28.5. The van der Waals surface area contributed by atoms with E-state index in [1.807, 2.05) is 12.1 Å². The van der Waals surface area contributed by atoms with Gasteiger partial charge in [0.25, 0.3) is 5.82 Å². The van der Waals surface area contributed by atoms with E-state index in [1.165, 1.54) is 18.2 Å². The number of nitrogens with two attached hydrogens (primary N) is 1. The van der Waals surface area contributed by atoms with Crippen molar-refractivity contribution in [2.75, 3.05) is 18.0 Å². The number of rotatable bonds is 8. The summed E-state index contributed by atoms with van der Waals surface area (Å²) in [5, 5.41) is 21.2. The molecule has 4 N–H and O–H groups in total. The summed E-state index contributed by atoms with van der Waals surface area (Å²) in [6, 6.07) is 11.4. The topological polar surface area (TPSA) is 126 Å². The molecule has 0 bridgehead atoms. The van der Waals surface area contributed by atoms with E-state index >= 15 is 0 Å². The maximum Gasteiger partial charge on any atom is 0.387 e. The van der Waals surface area contributed by atoms with E-state index in [4.69, 9.17) is 16.3 Å². The van der Waals surface area contributed by atoms with E-state index < -0.39 is 6.61 Å². The molecular formula is C18H16F2N5O2S+. The third kappa shape index (κ3) is 6.11. The summed E-state index contributed by atoms with van der Waals surface area (Å²) in [7, 11) is 0. The number of ether oxygens (including phenoxy) is 1. The highest BCUT2D eigenvalue weighted by molar-refractivity contribution is 7.99. The lowest BCUT2D eigenvalue weighted by molar-refractivity contribution is -0.410. The van der Waals surface area contributed by atoms with Crippen LogP contribution in [0.4, 0.5) is 14.6 Å². The van der Waals surface area contributed by atoms with Crippen LogP contribution in [0.5, 0.6) is 5.75 Å². The van der Waals surface area contributed by atoms with Gasteiger partial charge in [0.2, 0.25) is 5.91 Å². The van der Waals surface area contributed by atoms with Crippen LogP contribution < -0.4 is 20.8 Å². The molecule has 28 heavy (non-hydrogen) atoms. The zero-order valence-electron chi connectivity index (χ0n) is 14.5. The van der Waals surface area contributed by atoms with Crippen LogP contribution in [-0.4, -0.2) is 24.8 Å². The molecule has 1 amide bonds. The fourth-order valence-electron chi connectivity index (χ4n) is 2.21. The Morgan fingerprint density at radius 1 is 1.25 bits per heavy atom. The molecule has 10 heteroatoms. The standard InChI is InChI=1S/C18H15F2N5O2S/c19-18(20)27-14-3-1-11(2-4-14)5-6-24-15(26)10-28-17-13(9-22)7-12(8-21)16(23)25-17/h1-4,7,18H,5-6,10H2,(H2,23,25)(H,24,26)/p+1. The number of pyridine rings is 1. The lowest BCUT2D eigenvalue weighted by Crippen LogP contribution is -2.28. The molecule has 0 radical (unpaired) electrons. The van der Waals surface area contributed by atoms with Gasteiger partial charge in [0.1, 0.15) is 29.0 Å². The number of nitrogen functional groups attached to an aromatic ring is 1. The van der Waals surface area contributed by atoms with Gasteiger partial charge in [-0.1, -0.05) is 23.9 Å². The maximum absolute atomic E-state index is 12.1. The Kier molecular flexibility index (Phi) is 7.55. The first-order valence-corrected chi connectivity index (χ1v) is 9.00. The van der Waals surface area contributed by atoms with Crippen molar-refractivity contribution >= 4 is 23.5 Å². The van der Waals surface area contributed by atoms with Crippen LogP contribution in [0, 0.1) is 22.7 Å². The van der Waals surface area contributed by atoms with Crippen molar-refractivity contribution in [2.45, 2.75) is 18.1 Å². The van der Waals surface area contributed by atoms with E-state index in [-0.39, 0.29) is 34.4 Å². The fourth-order valence-corrected chi connectivity index (χ4v) is 3.03. The van der Waals surface area contributed by atoms with Crippen LogP contribution in [0.15, 0.2) is 35.4 Å². The number of amides is 1. The molecule has 1 aromatic heterocycles. The van der Waals surface area contributed by atoms with Gasteiger partial charge >= 0.3 is 6.61 Å². The molecule has 0 aliphatic rings. The van der Waals surface area contributed by atoms with Gasteiger partial charge < -0.3 is 10.1 Å². The van der Waals surface area contributed by atoms with E-state index in [2.05, 4.69) is 15.0 Å². The third-order valence-electron chi connectivity index (χ3n) is 3.54. The number of carbonyl (C=O) groups excluding carboxylic acids is 1. The largest absolute Gasteiger partial charge is 0.435 e. The van der Waals surface area contributed by atoms with Gasteiger partial charge in [-0.15, -0.1) is 0 Å². The molecule has 0 spiro atoms. The van der Waals surface area contributed by atoms with E-state index in [9.17, 15) is 13.6 Å². The van der Waals surface area contributed by atoms with Gasteiger partial charge in [-0.3, -0.25) is 10.5 Å². The van der Waals surface area contributed by atoms with Crippen molar-refractivity contribution in [3.8, 4) is 17.9 Å². The van der Waals surface area contributed by atoms with Crippen LogP contribution in [0.25, 0.3) is 0 Å². The summed E-state index contributed by atoms with van der Waals surface area (Å²) >= 11 is 1.10. The minimum absolute atomic E-state index is 0.0533. The summed E-state index contributed by atoms with van der Waals surface area (Å²) in [5.41, 5.74) is 6.94. The molecule has 7 nitrogen and oxygen atoms in total. The Bertz CT molecular complexity index is 923. The molecule has 0 aliphatic heterocycles. The van der Waals surface area contributed by atoms with Crippen molar-refractivity contribution in [3.63, 3.8) is 0 Å². The van der Waals surface area contributed by atoms with Crippen LogP contribution in [0.3, 0.4) is 0 Å². The van der Waals surface area contributed by atoms with Gasteiger partial charge in [-0.2, -0.15) is 19.3 Å². The number of carbonyl (C=O) groups is 1. The summed E-state index contributed by atoms with van der Waals surface area (Å²) in [4.78, 5) is 14.7. The molecule has 0 fully saturated rings. The molecule has 0 saturated heterocycles. The second kappa shape index (κ2) is 10.1. The predicted octanol–water partition coefficient (Wildman–Crippen LogP) is 1.88. The number of aromatic nitrogens is 1. The average Bonchev–Trinajstić information content (AvgIpc) is 2.67. The number of hydrogen-bond acceptors (Lipinski definition) is 6. The molecule has 0 aliphatic carbocycles. The Labute approximate surface area is 164 Å². The number of hydrogen-bond donors (Lipinski definition) is 2. The van der Waals surface area contributed by atoms with Gasteiger partial charge in [-0.05, 0) is 30.2 Å². The number of thioether (sulfide) groups is 1. The number of aromatic amines is 1. The number of anilines is 1. The van der Waals surface area contributed by atoms with Gasteiger partial charge in [0.05, 0.1) is 5.75 Å². The van der Waals surface area contributed by atoms with Gasteiger partial charge in [0.15, 0.2) is 5.03 Å². The Morgan fingerprint density at radius 3 is 2.54 bits per heavy atom. The zero-order valence-corrected chi connectivity index (χ0v) is 15.4. The van der Waals surface area contributed by atoms with Crippen molar-refractivity contribution in [2.24, 2.45) is 0 Å². The number of nitriles is 2. The molecule has 1 aromatic carbocycles. The van der Waals surface area contributed by atoms with Crippen molar-refractivity contribution in [3.05, 3.63) is 47.0 Å². The van der Waals surface area contributed by atoms with Crippen molar-refractivity contribution < 1.29 is 23.3 Å². The predicted molar refractivity (Wildman–Crippen MR) is 97.4 cm³/mol. The maximum atomic E-state index is 12.1. The third-order valence-corrected chi connectivity index (χ3v) is 4.56. The normalized spacial score (nSPS) is 10.2.